The maximum Gasteiger partial charge on any atom is 0.234 e. The van der Waals surface area contributed by atoms with Crippen LogP contribution in [0.2, 0.25) is 0 Å². The first-order valence-corrected chi connectivity index (χ1v) is 8.71. The molecule has 0 aromatic heterocycles. The number of carbonyl (C=O) groups excluding carboxylic acids is 1. The largest absolute Gasteiger partial charge is 0.353 e. The van der Waals surface area contributed by atoms with Gasteiger partial charge in [-0.15, -0.1) is 0 Å². The second-order valence-corrected chi connectivity index (χ2v) is 6.93. The van der Waals surface area contributed by atoms with Gasteiger partial charge in [0.1, 0.15) is 0 Å². The smallest absolute Gasteiger partial charge is 0.234 e. The van der Waals surface area contributed by atoms with Crippen LogP contribution >= 0.6 is 0 Å². The molecule has 0 saturated heterocycles. The molecule has 124 valence electrons. The molecule has 0 aromatic rings. The minimum Gasteiger partial charge on any atom is -0.353 e. The number of hydrogen-bond acceptors (Lipinski definition) is 3. The molecule has 0 bridgehead atoms. The lowest BCUT2D eigenvalue weighted by atomic mass is 9.75. The summed E-state index contributed by atoms with van der Waals surface area (Å²) in [6.45, 7) is 10.7. The summed E-state index contributed by atoms with van der Waals surface area (Å²) < 4.78 is 0. The van der Waals surface area contributed by atoms with Gasteiger partial charge in [0.15, 0.2) is 0 Å². The molecule has 3 atom stereocenters. The summed E-state index contributed by atoms with van der Waals surface area (Å²) in [4.78, 5) is 14.6. The second kappa shape index (κ2) is 8.74. The van der Waals surface area contributed by atoms with E-state index in [1.54, 1.807) is 0 Å². The average Bonchev–Trinajstić information content (AvgIpc) is 2.46. The lowest BCUT2D eigenvalue weighted by Crippen LogP contribution is -2.59. The highest BCUT2D eigenvalue weighted by Crippen LogP contribution is 2.36. The zero-order valence-corrected chi connectivity index (χ0v) is 14.5. The van der Waals surface area contributed by atoms with Crippen molar-refractivity contribution in [2.24, 2.45) is 11.7 Å². The van der Waals surface area contributed by atoms with Crippen LogP contribution in [-0.2, 0) is 4.79 Å². The van der Waals surface area contributed by atoms with Gasteiger partial charge in [-0.25, -0.2) is 0 Å². The molecule has 0 aromatic carbocycles. The Morgan fingerprint density at radius 3 is 2.71 bits per heavy atom. The van der Waals surface area contributed by atoms with E-state index in [1.165, 1.54) is 12.8 Å². The van der Waals surface area contributed by atoms with Crippen molar-refractivity contribution in [2.75, 3.05) is 19.6 Å². The van der Waals surface area contributed by atoms with E-state index in [9.17, 15) is 4.79 Å². The van der Waals surface area contributed by atoms with Gasteiger partial charge >= 0.3 is 0 Å². The van der Waals surface area contributed by atoms with E-state index in [0.29, 0.717) is 19.0 Å². The van der Waals surface area contributed by atoms with Crippen LogP contribution < -0.4 is 11.1 Å². The molecule has 1 aliphatic rings. The SMILES string of the molecule is CCCN(CC(=O)NC(C)CC)C1(CN)CCCC(C)C1. The van der Waals surface area contributed by atoms with Crippen LogP contribution in [-0.4, -0.2) is 42.0 Å². The van der Waals surface area contributed by atoms with Crippen molar-refractivity contribution >= 4 is 5.91 Å². The van der Waals surface area contributed by atoms with Crippen molar-refractivity contribution in [3.05, 3.63) is 0 Å². The highest BCUT2D eigenvalue weighted by molar-refractivity contribution is 5.78. The van der Waals surface area contributed by atoms with Crippen molar-refractivity contribution in [3.63, 3.8) is 0 Å². The van der Waals surface area contributed by atoms with Gasteiger partial charge in [-0.3, -0.25) is 9.69 Å². The lowest BCUT2D eigenvalue weighted by Gasteiger charge is -2.47. The Bertz CT molecular complexity index is 321. The molecule has 0 aliphatic heterocycles. The predicted octanol–water partition coefficient (Wildman–Crippen LogP) is 2.52. The molecule has 4 nitrogen and oxygen atoms in total. The molecule has 3 unspecified atom stereocenters. The number of rotatable bonds is 8. The summed E-state index contributed by atoms with van der Waals surface area (Å²) in [7, 11) is 0. The Hall–Kier alpha value is -0.610. The Balaban J connectivity index is 2.75. The van der Waals surface area contributed by atoms with Gasteiger partial charge < -0.3 is 11.1 Å². The van der Waals surface area contributed by atoms with E-state index in [1.807, 2.05) is 0 Å². The Morgan fingerprint density at radius 2 is 2.19 bits per heavy atom. The number of carbonyl (C=O) groups is 1. The number of nitrogens with one attached hydrogen (secondary N) is 1. The van der Waals surface area contributed by atoms with Crippen molar-refractivity contribution in [1.29, 1.82) is 0 Å². The van der Waals surface area contributed by atoms with Crippen molar-refractivity contribution < 1.29 is 4.79 Å². The number of amides is 1. The van der Waals surface area contributed by atoms with Crippen LogP contribution in [0.25, 0.3) is 0 Å². The summed E-state index contributed by atoms with van der Waals surface area (Å²) in [6, 6.07) is 0.250. The third-order valence-corrected chi connectivity index (χ3v) is 4.97. The first-order valence-electron chi connectivity index (χ1n) is 8.71. The van der Waals surface area contributed by atoms with Gasteiger partial charge in [0.2, 0.25) is 5.91 Å². The lowest BCUT2D eigenvalue weighted by molar-refractivity contribution is -0.125. The molecule has 0 spiro atoms. The molecule has 3 N–H and O–H groups in total. The Labute approximate surface area is 130 Å². The highest BCUT2D eigenvalue weighted by Gasteiger charge is 2.39. The standard InChI is InChI=1S/C17H35N3O/c1-5-10-20(12-16(21)19-15(4)6-2)17(13-18)9-7-8-14(3)11-17/h14-15H,5-13,18H2,1-4H3,(H,19,21). The molecular weight excluding hydrogens is 262 g/mol. The van der Waals surface area contributed by atoms with E-state index >= 15 is 0 Å². The van der Waals surface area contributed by atoms with Crippen molar-refractivity contribution in [3.8, 4) is 0 Å². The van der Waals surface area contributed by atoms with Crippen LogP contribution in [0.4, 0.5) is 0 Å². The van der Waals surface area contributed by atoms with Crippen LogP contribution in [0.3, 0.4) is 0 Å². The van der Waals surface area contributed by atoms with Gasteiger partial charge in [-0.1, -0.05) is 33.6 Å². The van der Waals surface area contributed by atoms with Crippen LogP contribution in [0.15, 0.2) is 0 Å². The summed E-state index contributed by atoms with van der Waals surface area (Å²) in [5.41, 5.74) is 6.19. The molecule has 1 saturated carbocycles. The van der Waals surface area contributed by atoms with E-state index < -0.39 is 0 Å². The molecule has 21 heavy (non-hydrogen) atoms. The molecule has 1 rings (SSSR count). The molecule has 1 aliphatic carbocycles. The maximum absolute atomic E-state index is 12.3. The average molecular weight is 297 g/mol. The maximum atomic E-state index is 12.3. The normalized spacial score (nSPS) is 27.6. The molecule has 1 fully saturated rings. The third kappa shape index (κ3) is 5.26. The second-order valence-electron chi connectivity index (χ2n) is 6.93. The fourth-order valence-electron chi connectivity index (χ4n) is 3.58. The number of hydrogen-bond donors (Lipinski definition) is 2. The fourth-order valence-corrected chi connectivity index (χ4v) is 3.58. The monoisotopic (exact) mass is 297 g/mol. The minimum absolute atomic E-state index is 0.0282. The first-order chi connectivity index (χ1) is 9.97. The zero-order chi connectivity index (χ0) is 15.9. The molecule has 0 radical (unpaired) electrons. The number of nitrogens with two attached hydrogens (primary N) is 1. The fraction of sp³-hybridized carbons (Fsp3) is 0.941. The van der Waals surface area contributed by atoms with Crippen molar-refractivity contribution in [1.82, 2.24) is 10.2 Å². The Kier molecular flexibility index (Phi) is 7.67. The predicted molar refractivity (Wildman–Crippen MR) is 89.2 cm³/mol. The molecule has 0 heterocycles. The minimum atomic E-state index is 0.0282. The van der Waals surface area contributed by atoms with E-state index in [2.05, 4.69) is 37.9 Å². The molecular formula is C17H35N3O. The molecule has 1 amide bonds. The quantitative estimate of drug-likeness (QED) is 0.724. The van der Waals surface area contributed by atoms with Crippen LogP contribution in [0, 0.1) is 5.92 Å². The molecule has 4 heteroatoms. The van der Waals surface area contributed by atoms with E-state index in [0.717, 1.165) is 32.2 Å². The first kappa shape index (κ1) is 18.4. The van der Waals surface area contributed by atoms with E-state index in [4.69, 9.17) is 5.73 Å². The van der Waals surface area contributed by atoms with Gasteiger partial charge in [-0.05, 0) is 45.1 Å². The van der Waals surface area contributed by atoms with Crippen LogP contribution in [0.1, 0.15) is 66.2 Å². The van der Waals surface area contributed by atoms with Crippen molar-refractivity contribution in [2.45, 2.75) is 77.8 Å². The number of nitrogens with zero attached hydrogens (tertiary/aromatic N) is 1. The van der Waals surface area contributed by atoms with Crippen LogP contribution in [0.5, 0.6) is 0 Å². The Morgan fingerprint density at radius 1 is 1.48 bits per heavy atom. The highest BCUT2D eigenvalue weighted by atomic mass is 16.2. The van der Waals surface area contributed by atoms with Gasteiger partial charge in [0, 0.05) is 18.1 Å². The van der Waals surface area contributed by atoms with Gasteiger partial charge in [0.25, 0.3) is 0 Å². The van der Waals surface area contributed by atoms with Gasteiger partial charge in [0.05, 0.1) is 6.54 Å². The van der Waals surface area contributed by atoms with Gasteiger partial charge in [-0.2, -0.15) is 0 Å². The summed E-state index contributed by atoms with van der Waals surface area (Å²) in [5, 5.41) is 3.09. The summed E-state index contributed by atoms with van der Waals surface area (Å²) in [5.74, 6) is 0.850. The zero-order valence-electron chi connectivity index (χ0n) is 14.5. The summed E-state index contributed by atoms with van der Waals surface area (Å²) >= 11 is 0. The van der Waals surface area contributed by atoms with E-state index in [-0.39, 0.29) is 17.5 Å². The summed E-state index contributed by atoms with van der Waals surface area (Å²) in [6.07, 6.45) is 6.81. The third-order valence-electron chi connectivity index (χ3n) is 4.97. The topological polar surface area (TPSA) is 58.4 Å².